The van der Waals surface area contributed by atoms with E-state index in [2.05, 4.69) is 16.5 Å². The number of hydrogen-bond donors (Lipinski definition) is 1. The number of fused-ring (bicyclic) bond motifs is 1. The van der Waals surface area contributed by atoms with Gasteiger partial charge in [0, 0.05) is 43.5 Å². The lowest BCUT2D eigenvalue weighted by Gasteiger charge is -2.28. The number of hydroxylamine groups is 1. The van der Waals surface area contributed by atoms with E-state index in [1.807, 2.05) is 0 Å². The zero-order chi connectivity index (χ0) is 21.9. The molecule has 1 amide bonds. The predicted molar refractivity (Wildman–Crippen MR) is 108 cm³/mol. The molecule has 0 spiro atoms. The average Bonchev–Trinajstić information content (AvgIpc) is 3.10. The second-order valence-corrected chi connectivity index (χ2v) is 9.97. The topological polar surface area (TPSA) is 99.5 Å². The zero-order valence-corrected chi connectivity index (χ0v) is 17.7. The molecule has 1 N–H and O–H groups in total. The molecule has 2 atom stereocenters. The minimum Gasteiger partial charge on any atom is -0.350 e. The number of rotatable bonds is 7. The van der Waals surface area contributed by atoms with Crippen molar-refractivity contribution in [3.63, 3.8) is 0 Å². The molecule has 162 valence electrons. The molecular formula is C20H24FN3O5S. The van der Waals surface area contributed by atoms with Gasteiger partial charge >= 0.3 is 0 Å². The number of ether oxygens (including phenoxy) is 1. The second kappa shape index (κ2) is 8.71. The Kier molecular flexibility index (Phi) is 6.45. The fourth-order valence-electron chi connectivity index (χ4n) is 3.15. The fraction of sp³-hybridized carbons (Fsp3) is 0.500. The third-order valence-corrected chi connectivity index (χ3v) is 7.36. The third kappa shape index (κ3) is 4.64. The number of carbonyl (C=O) groups is 1. The highest BCUT2D eigenvalue weighted by atomic mass is 32.2. The SMILES string of the molecule is C#Cc1cc2cn(CCC(C)(C(=O)NOC3CCCCO3)S(C)(=O)=O)nc2cc1F. The van der Waals surface area contributed by atoms with E-state index in [4.69, 9.17) is 16.0 Å². The van der Waals surface area contributed by atoms with Crippen molar-refractivity contribution >= 4 is 26.6 Å². The number of benzene rings is 1. The first-order valence-electron chi connectivity index (χ1n) is 9.54. The van der Waals surface area contributed by atoms with Crippen LogP contribution in [0.25, 0.3) is 10.9 Å². The van der Waals surface area contributed by atoms with Crippen LogP contribution in [0.5, 0.6) is 0 Å². The van der Waals surface area contributed by atoms with Gasteiger partial charge in [-0.25, -0.2) is 23.1 Å². The Bertz CT molecular complexity index is 1090. The molecule has 2 aromatic rings. The summed E-state index contributed by atoms with van der Waals surface area (Å²) in [6.07, 6.45) is 9.68. The summed E-state index contributed by atoms with van der Waals surface area (Å²) in [7, 11) is -3.79. The summed E-state index contributed by atoms with van der Waals surface area (Å²) in [6, 6.07) is 2.72. The summed E-state index contributed by atoms with van der Waals surface area (Å²) in [5, 5.41) is 4.86. The lowest BCUT2D eigenvalue weighted by molar-refractivity contribution is -0.201. The molecule has 30 heavy (non-hydrogen) atoms. The maximum atomic E-state index is 13.9. The molecule has 0 saturated carbocycles. The number of aromatic nitrogens is 2. The van der Waals surface area contributed by atoms with Gasteiger partial charge in [0.15, 0.2) is 20.9 Å². The van der Waals surface area contributed by atoms with E-state index in [9.17, 15) is 17.6 Å². The molecule has 0 aliphatic carbocycles. The molecule has 1 aromatic carbocycles. The largest absolute Gasteiger partial charge is 0.350 e. The van der Waals surface area contributed by atoms with Crippen LogP contribution < -0.4 is 5.48 Å². The lowest BCUT2D eigenvalue weighted by Crippen LogP contribution is -2.51. The van der Waals surface area contributed by atoms with E-state index >= 15 is 0 Å². The van der Waals surface area contributed by atoms with Crippen LogP contribution in [0.15, 0.2) is 18.3 Å². The van der Waals surface area contributed by atoms with Crippen LogP contribution in [0.3, 0.4) is 0 Å². The van der Waals surface area contributed by atoms with Gasteiger partial charge in [-0.15, -0.1) is 6.42 Å². The summed E-state index contributed by atoms with van der Waals surface area (Å²) in [5.41, 5.74) is 2.74. The summed E-state index contributed by atoms with van der Waals surface area (Å²) < 4.78 is 43.8. The summed E-state index contributed by atoms with van der Waals surface area (Å²) in [6.45, 7) is 1.97. The molecule has 0 bridgehead atoms. The predicted octanol–water partition coefficient (Wildman–Crippen LogP) is 1.92. The van der Waals surface area contributed by atoms with Gasteiger partial charge in [0.2, 0.25) is 0 Å². The molecule has 1 aromatic heterocycles. The Morgan fingerprint density at radius 3 is 2.90 bits per heavy atom. The smallest absolute Gasteiger partial charge is 0.264 e. The first kappa shape index (κ1) is 22.2. The van der Waals surface area contributed by atoms with Gasteiger partial charge in [-0.05, 0) is 32.3 Å². The zero-order valence-electron chi connectivity index (χ0n) is 16.9. The van der Waals surface area contributed by atoms with E-state index in [1.54, 1.807) is 6.20 Å². The number of nitrogens with zero attached hydrogens (tertiary/aromatic N) is 2. The number of terminal acetylenes is 1. The Morgan fingerprint density at radius 1 is 1.50 bits per heavy atom. The molecule has 1 saturated heterocycles. The van der Waals surface area contributed by atoms with Gasteiger partial charge in [-0.1, -0.05) is 5.92 Å². The monoisotopic (exact) mass is 437 g/mol. The highest BCUT2D eigenvalue weighted by molar-refractivity contribution is 7.92. The van der Waals surface area contributed by atoms with Crippen LogP contribution >= 0.6 is 0 Å². The Hall–Kier alpha value is -2.48. The van der Waals surface area contributed by atoms with Gasteiger partial charge in [-0.3, -0.25) is 9.48 Å². The maximum absolute atomic E-state index is 13.9. The molecule has 1 fully saturated rings. The number of aryl methyl sites for hydroxylation is 1. The summed E-state index contributed by atoms with van der Waals surface area (Å²) in [4.78, 5) is 18.0. The van der Waals surface area contributed by atoms with Crippen LogP contribution in [0, 0.1) is 18.2 Å². The number of carbonyl (C=O) groups excluding carboxylic acids is 1. The van der Waals surface area contributed by atoms with Crippen molar-refractivity contribution in [3.05, 3.63) is 29.7 Å². The Labute approximate surface area is 174 Å². The number of amides is 1. The molecular weight excluding hydrogens is 413 g/mol. The van der Waals surface area contributed by atoms with Gasteiger partial charge in [0.05, 0.1) is 11.1 Å². The quantitative estimate of drug-likeness (QED) is 0.525. The summed E-state index contributed by atoms with van der Waals surface area (Å²) >= 11 is 0. The molecule has 10 heteroatoms. The van der Waals surface area contributed by atoms with Gasteiger partial charge in [0.25, 0.3) is 5.91 Å². The highest BCUT2D eigenvalue weighted by Gasteiger charge is 2.44. The van der Waals surface area contributed by atoms with Crippen molar-refractivity contribution in [3.8, 4) is 12.3 Å². The molecule has 1 aliphatic rings. The normalized spacial score (nSPS) is 19.2. The standard InChI is InChI=1S/C20H24FN3O5S/c1-4-14-11-15-13-24(22-17(15)12-16(14)21)9-8-20(2,30(3,26)27)19(25)23-29-18-7-5-6-10-28-18/h1,11-13,18H,5-10H2,2-3H3,(H,23,25). The number of sulfone groups is 1. The van der Waals surface area contributed by atoms with Crippen molar-refractivity contribution in [1.82, 2.24) is 15.3 Å². The van der Waals surface area contributed by atoms with Crippen LogP contribution in [0.4, 0.5) is 4.39 Å². The number of nitrogens with one attached hydrogen (secondary N) is 1. The van der Waals surface area contributed by atoms with E-state index in [0.29, 0.717) is 23.9 Å². The van der Waals surface area contributed by atoms with Crippen LogP contribution in [0.1, 0.15) is 38.2 Å². The van der Waals surface area contributed by atoms with E-state index in [0.717, 1.165) is 19.1 Å². The molecule has 3 rings (SSSR count). The first-order chi connectivity index (χ1) is 14.1. The van der Waals surface area contributed by atoms with Crippen molar-refractivity contribution < 1.29 is 27.2 Å². The third-order valence-electron chi connectivity index (χ3n) is 5.33. The van der Waals surface area contributed by atoms with Gasteiger partial charge in [-0.2, -0.15) is 5.10 Å². The Balaban J connectivity index is 1.73. The minimum atomic E-state index is -3.79. The second-order valence-electron chi connectivity index (χ2n) is 7.53. The van der Waals surface area contributed by atoms with E-state index in [1.165, 1.54) is 23.7 Å². The highest BCUT2D eigenvalue weighted by Crippen LogP contribution is 2.24. The van der Waals surface area contributed by atoms with E-state index < -0.39 is 32.6 Å². The van der Waals surface area contributed by atoms with Crippen molar-refractivity contribution in [2.24, 2.45) is 0 Å². The molecule has 2 unspecified atom stereocenters. The lowest BCUT2D eigenvalue weighted by atomic mass is 10.1. The van der Waals surface area contributed by atoms with E-state index in [-0.39, 0.29) is 18.5 Å². The Morgan fingerprint density at radius 2 is 2.27 bits per heavy atom. The average molecular weight is 437 g/mol. The number of halogens is 1. The molecule has 2 heterocycles. The minimum absolute atomic E-state index is 0.0645. The van der Waals surface area contributed by atoms with Gasteiger partial charge in [0.1, 0.15) is 5.82 Å². The summed E-state index contributed by atoms with van der Waals surface area (Å²) in [5.74, 6) is 0.922. The molecule has 8 nitrogen and oxygen atoms in total. The van der Waals surface area contributed by atoms with Crippen LogP contribution in [-0.2, 0) is 30.8 Å². The first-order valence-corrected chi connectivity index (χ1v) is 11.4. The molecule has 0 radical (unpaired) electrons. The molecule has 1 aliphatic heterocycles. The number of hydrogen-bond acceptors (Lipinski definition) is 6. The fourth-order valence-corrected chi connectivity index (χ4v) is 3.99. The maximum Gasteiger partial charge on any atom is 0.264 e. The van der Waals surface area contributed by atoms with Crippen molar-refractivity contribution in [2.45, 2.75) is 50.2 Å². The van der Waals surface area contributed by atoms with Crippen molar-refractivity contribution in [2.75, 3.05) is 12.9 Å². The van der Waals surface area contributed by atoms with Crippen LogP contribution in [-0.4, -0.2) is 48.0 Å². The van der Waals surface area contributed by atoms with Crippen molar-refractivity contribution in [1.29, 1.82) is 0 Å². The van der Waals surface area contributed by atoms with Crippen LogP contribution in [0.2, 0.25) is 0 Å². The van der Waals surface area contributed by atoms with Gasteiger partial charge < -0.3 is 4.74 Å².